The number of pyridine rings is 1. The van der Waals surface area contributed by atoms with Crippen LogP contribution in [-0.2, 0) is 17.1 Å². The first-order valence-corrected chi connectivity index (χ1v) is 5.33. The van der Waals surface area contributed by atoms with Gasteiger partial charge in [0.1, 0.15) is 12.4 Å². The topological polar surface area (TPSA) is 82.9 Å². The van der Waals surface area contributed by atoms with E-state index in [1.807, 2.05) is 30.6 Å². The van der Waals surface area contributed by atoms with E-state index < -0.39 is 5.97 Å². The van der Waals surface area contributed by atoms with Gasteiger partial charge in [-0.05, 0) is 12.1 Å². The smallest absolute Gasteiger partial charge is 0.239 e. The van der Waals surface area contributed by atoms with Crippen LogP contribution in [-0.4, -0.2) is 15.9 Å². The molecule has 0 aliphatic carbocycles. The van der Waals surface area contributed by atoms with Gasteiger partial charge in [0.25, 0.3) is 0 Å². The van der Waals surface area contributed by atoms with Crippen LogP contribution in [0.25, 0.3) is 10.9 Å². The van der Waals surface area contributed by atoms with E-state index >= 15 is 0 Å². The molecule has 1 aromatic carbocycles. The minimum atomic E-state index is -1.24. The monoisotopic (exact) mass is 304 g/mol. The fourth-order valence-corrected chi connectivity index (χ4v) is 1.42. The number of carboxylic acid groups (broad SMARTS) is 1. The van der Waals surface area contributed by atoms with Crippen LogP contribution in [0.3, 0.4) is 0 Å². The maximum absolute atomic E-state index is 10.5. The molecule has 0 unspecified atom stereocenters. The number of aromatic carboxylic acids is 1. The third kappa shape index (κ3) is 4.21. The number of benzene rings is 1. The predicted molar refractivity (Wildman–Crippen MR) is 63.4 cm³/mol. The number of rotatable bonds is 1. The molecule has 0 saturated carbocycles. The molecule has 0 aliphatic heterocycles. The van der Waals surface area contributed by atoms with Gasteiger partial charge in [0.15, 0.2) is 0 Å². The molecule has 3 aromatic rings. The van der Waals surface area contributed by atoms with Crippen molar-refractivity contribution in [1.82, 2.24) is 9.97 Å². The van der Waals surface area contributed by atoms with E-state index in [9.17, 15) is 9.90 Å². The molecule has 19 heavy (non-hydrogen) atoms. The number of H-pyrrole nitrogens is 2. The van der Waals surface area contributed by atoms with Gasteiger partial charge in [0.05, 0.1) is 17.2 Å². The van der Waals surface area contributed by atoms with Crippen LogP contribution in [0, 0.1) is 0 Å². The Bertz CT molecular complexity index is 624. The Labute approximate surface area is 120 Å². The van der Waals surface area contributed by atoms with Gasteiger partial charge >= 0.3 is 0 Å². The summed E-state index contributed by atoms with van der Waals surface area (Å²) in [6.07, 6.45) is 5.39. The molecule has 1 radical (unpaired) electrons. The Morgan fingerprint density at radius 3 is 2.58 bits per heavy atom. The fraction of sp³-hybridized carbons (Fsp3) is 0. The van der Waals surface area contributed by atoms with Crippen molar-refractivity contribution in [2.45, 2.75) is 0 Å². The zero-order valence-corrected chi connectivity index (χ0v) is 10.7. The molecule has 2 heterocycles. The van der Waals surface area contributed by atoms with Gasteiger partial charge in [-0.3, -0.25) is 9.97 Å². The largest absolute Gasteiger partial charge is 0.543 e. The first-order chi connectivity index (χ1) is 8.77. The van der Waals surface area contributed by atoms with Gasteiger partial charge in [-0.1, -0.05) is 24.3 Å². The number of imidazole rings is 1. The van der Waals surface area contributed by atoms with Crippen molar-refractivity contribution >= 4 is 16.9 Å². The van der Waals surface area contributed by atoms with E-state index in [1.54, 1.807) is 18.5 Å². The molecule has 6 heteroatoms. The first kappa shape index (κ1) is 14.9. The summed E-state index contributed by atoms with van der Waals surface area (Å²) >= 11 is 0. The second-order valence-corrected chi connectivity index (χ2v) is 3.49. The number of carbonyl (C=O) groups excluding carboxylic acids is 1. The maximum atomic E-state index is 10.5. The molecule has 3 rings (SSSR count). The number of carbonyl (C=O) groups is 1. The van der Waals surface area contributed by atoms with Crippen LogP contribution in [0.2, 0.25) is 0 Å². The molecule has 0 fully saturated rings. The van der Waals surface area contributed by atoms with Gasteiger partial charge < -0.3 is 9.90 Å². The quantitative estimate of drug-likeness (QED) is 0.662. The normalized spacial score (nSPS) is 9.05. The van der Waals surface area contributed by atoms with Gasteiger partial charge in [-0.2, -0.15) is 0 Å². The fourth-order valence-electron chi connectivity index (χ4n) is 1.42. The average Bonchev–Trinajstić information content (AvgIpc) is 2.97. The van der Waals surface area contributed by atoms with Crippen LogP contribution >= 0.6 is 0 Å². The van der Waals surface area contributed by atoms with E-state index in [0.717, 1.165) is 5.39 Å². The molecule has 2 aromatic heterocycles. The zero-order valence-electron chi connectivity index (χ0n) is 9.76. The molecule has 0 saturated heterocycles. The van der Waals surface area contributed by atoms with Crippen LogP contribution in [0.15, 0.2) is 55.1 Å². The van der Waals surface area contributed by atoms with Crippen LogP contribution in [0.5, 0.6) is 0 Å². The summed E-state index contributed by atoms with van der Waals surface area (Å²) in [6.45, 7) is 0. The molecule has 0 bridgehead atoms. The van der Waals surface area contributed by atoms with Gasteiger partial charge in [-0.25, -0.2) is 4.98 Å². The number of aromatic nitrogens is 3. The number of hydrogen-bond acceptors (Lipinski definition) is 3. The summed E-state index contributed by atoms with van der Waals surface area (Å²) in [4.78, 5) is 20.0. The van der Waals surface area contributed by atoms with E-state index in [1.165, 1.54) is 6.07 Å². The predicted octanol–water partition coefficient (Wildman–Crippen LogP) is 0.425. The van der Waals surface area contributed by atoms with Crippen molar-refractivity contribution in [1.29, 1.82) is 0 Å². The summed E-state index contributed by atoms with van der Waals surface area (Å²) in [5, 5.41) is 11.4. The molecule has 0 aliphatic rings. The van der Waals surface area contributed by atoms with Crippen LogP contribution in [0.4, 0.5) is 0 Å². The van der Waals surface area contributed by atoms with Crippen molar-refractivity contribution < 1.29 is 32.0 Å². The Kier molecular flexibility index (Phi) is 5.72. The standard InChI is InChI=1S/C10H7NO2.C3H4N2.Cu/c12-10(13)9-6-5-7-3-1-2-4-8(7)11-9;1-2-5-3-4-1;/h1-6H,(H,12,13);1-3H,(H,4,5);. The third-order valence-corrected chi connectivity index (χ3v) is 2.25. The van der Waals surface area contributed by atoms with E-state index in [2.05, 4.69) is 15.0 Å². The van der Waals surface area contributed by atoms with Crippen LogP contribution < -0.4 is 10.1 Å². The molecule has 101 valence electrons. The van der Waals surface area contributed by atoms with Crippen molar-refractivity contribution in [3.8, 4) is 0 Å². The number of nitrogens with one attached hydrogen (secondary N) is 2. The Morgan fingerprint density at radius 2 is 2.00 bits per heavy atom. The van der Waals surface area contributed by atoms with E-state index in [-0.39, 0.29) is 22.8 Å². The molecule has 0 amide bonds. The molecule has 0 atom stereocenters. The summed E-state index contributed by atoms with van der Waals surface area (Å²) in [5.74, 6) is -1.24. The number of fused-ring (bicyclic) bond motifs is 1. The Balaban J connectivity index is 0.000000256. The van der Waals surface area contributed by atoms with Crippen molar-refractivity contribution in [2.75, 3.05) is 0 Å². The number of carboxylic acids is 1. The number of hydrogen-bond donors (Lipinski definition) is 1. The molecule has 0 spiro atoms. The second kappa shape index (κ2) is 7.31. The zero-order chi connectivity index (χ0) is 12.8. The van der Waals surface area contributed by atoms with Gasteiger partial charge in [0.2, 0.25) is 6.33 Å². The number of nitrogens with zero attached hydrogens (tertiary/aromatic N) is 1. The molecule has 2 N–H and O–H groups in total. The van der Waals surface area contributed by atoms with Gasteiger partial charge in [-0.15, -0.1) is 0 Å². The van der Waals surface area contributed by atoms with Crippen molar-refractivity contribution in [2.24, 2.45) is 0 Å². The first-order valence-electron chi connectivity index (χ1n) is 5.33. The van der Waals surface area contributed by atoms with Crippen molar-refractivity contribution in [3.05, 3.63) is 60.8 Å². The van der Waals surface area contributed by atoms with Crippen molar-refractivity contribution in [3.63, 3.8) is 0 Å². The Hall–Kier alpha value is -2.17. The molecular formula is C13H11CuN3O2. The maximum Gasteiger partial charge on any atom is 0.239 e. The molecular weight excluding hydrogens is 294 g/mol. The van der Waals surface area contributed by atoms with Gasteiger partial charge in [0, 0.05) is 22.5 Å². The Morgan fingerprint density at radius 1 is 1.21 bits per heavy atom. The average molecular weight is 305 g/mol. The second-order valence-electron chi connectivity index (χ2n) is 3.49. The SMILES string of the molecule is O=C([O-])c1ccc2ccccc2n1.[Cu].c1c[nH+]c[nH]1. The minimum Gasteiger partial charge on any atom is -0.543 e. The summed E-state index contributed by atoms with van der Waals surface area (Å²) < 4.78 is 0. The molecule has 5 nitrogen and oxygen atoms in total. The summed E-state index contributed by atoms with van der Waals surface area (Å²) in [5.41, 5.74) is 0.642. The summed E-state index contributed by atoms with van der Waals surface area (Å²) in [7, 11) is 0. The summed E-state index contributed by atoms with van der Waals surface area (Å²) in [6, 6.07) is 10.5. The minimum absolute atomic E-state index is 0. The number of para-hydroxylation sites is 1. The number of aromatic amines is 2. The van der Waals surface area contributed by atoms with E-state index in [4.69, 9.17) is 0 Å². The third-order valence-electron chi connectivity index (χ3n) is 2.25. The van der Waals surface area contributed by atoms with Crippen LogP contribution in [0.1, 0.15) is 10.5 Å². The van der Waals surface area contributed by atoms with E-state index in [0.29, 0.717) is 5.52 Å².